The standard InChI is InChI=1S/C8H13N3O3/c1-10(2)8(14)9-5-4-6(12)11(3)7(5)13/h5H,4H2,1-3H3,(H,9,14). The Labute approximate surface area is 81.8 Å². The van der Waals surface area contributed by atoms with Gasteiger partial charge in [0.25, 0.3) is 5.91 Å². The van der Waals surface area contributed by atoms with E-state index in [0.29, 0.717) is 0 Å². The van der Waals surface area contributed by atoms with Crippen LogP contribution >= 0.6 is 0 Å². The molecule has 0 aromatic carbocycles. The molecule has 0 aromatic rings. The number of nitrogens with one attached hydrogen (secondary N) is 1. The summed E-state index contributed by atoms with van der Waals surface area (Å²) < 4.78 is 0. The van der Waals surface area contributed by atoms with Crippen molar-refractivity contribution in [3.05, 3.63) is 0 Å². The van der Waals surface area contributed by atoms with Crippen molar-refractivity contribution in [1.82, 2.24) is 15.1 Å². The zero-order valence-corrected chi connectivity index (χ0v) is 8.40. The number of likely N-dealkylation sites (N-methyl/N-ethyl adjacent to an activating group) is 1. The first-order valence-corrected chi connectivity index (χ1v) is 4.21. The van der Waals surface area contributed by atoms with Crippen LogP contribution in [0.15, 0.2) is 0 Å². The Morgan fingerprint density at radius 2 is 2.07 bits per heavy atom. The summed E-state index contributed by atoms with van der Waals surface area (Å²) in [6.07, 6.45) is 0.0505. The molecule has 1 rings (SSSR count). The van der Waals surface area contributed by atoms with Crippen molar-refractivity contribution in [2.24, 2.45) is 0 Å². The second kappa shape index (κ2) is 3.65. The number of hydrogen-bond acceptors (Lipinski definition) is 3. The highest BCUT2D eigenvalue weighted by atomic mass is 16.2. The zero-order chi connectivity index (χ0) is 10.9. The van der Waals surface area contributed by atoms with E-state index >= 15 is 0 Å². The van der Waals surface area contributed by atoms with Crippen LogP contribution in [0.25, 0.3) is 0 Å². The van der Waals surface area contributed by atoms with E-state index < -0.39 is 6.04 Å². The van der Waals surface area contributed by atoms with Crippen LogP contribution in [0, 0.1) is 0 Å². The molecule has 0 spiro atoms. The average Bonchev–Trinajstić information content (AvgIpc) is 2.33. The molecule has 0 aliphatic carbocycles. The predicted octanol–water partition coefficient (Wildman–Crippen LogP) is -0.985. The molecule has 4 amide bonds. The fraction of sp³-hybridized carbons (Fsp3) is 0.625. The van der Waals surface area contributed by atoms with E-state index in [2.05, 4.69) is 5.32 Å². The van der Waals surface area contributed by atoms with Gasteiger partial charge in [-0.1, -0.05) is 0 Å². The minimum atomic E-state index is -0.706. The minimum Gasteiger partial charge on any atom is -0.331 e. The van der Waals surface area contributed by atoms with Gasteiger partial charge in [0.05, 0.1) is 6.42 Å². The van der Waals surface area contributed by atoms with Crippen molar-refractivity contribution in [2.75, 3.05) is 21.1 Å². The largest absolute Gasteiger partial charge is 0.331 e. The van der Waals surface area contributed by atoms with Gasteiger partial charge >= 0.3 is 6.03 Å². The molecule has 0 saturated carbocycles. The molecule has 1 atom stereocenters. The van der Waals surface area contributed by atoms with Crippen LogP contribution in [0.2, 0.25) is 0 Å². The summed E-state index contributed by atoms with van der Waals surface area (Å²) in [7, 11) is 4.55. The third-order valence-electron chi connectivity index (χ3n) is 2.09. The Morgan fingerprint density at radius 1 is 1.50 bits per heavy atom. The molecule has 14 heavy (non-hydrogen) atoms. The summed E-state index contributed by atoms with van der Waals surface area (Å²) in [5.74, 6) is -0.621. The molecule has 1 unspecified atom stereocenters. The summed E-state index contributed by atoms with van der Waals surface area (Å²) >= 11 is 0. The zero-order valence-electron chi connectivity index (χ0n) is 8.40. The molecule has 1 saturated heterocycles. The first kappa shape index (κ1) is 10.5. The highest BCUT2D eigenvalue weighted by Gasteiger charge is 2.37. The van der Waals surface area contributed by atoms with E-state index in [4.69, 9.17) is 0 Å². The minimum absolute atomic E-state index is 0.0505. The Kier molecular flexibility index (Phi) is 2.73. The summed E-state index contributed by atoms with van der Waals surface area (Å²) in [6, 6.07) is -1.08. The molecule has 1 N–H and O–H groups in total. The third kappa shape index (κ3) is 1.84. The maximum absolute atomic E-state index is 11.3. The van der Waals surface area contributed by atoms with Gasteiger partial charge in [-0.25, -0.2) is 4.79 Å². The molecule has 6 nitrogen and oxygen atoms in total. The number of amides is 4. The number of imide groups is 1. The molecule has 0 aromatic heterocycles. The normalized spacial score (nSPS) is 21.4. The SMILES string of the molecule is CN(C)C(=O)NC1CC(=O)N(C)C1=O. The first-order valence-electron chi connectivity index (χ1n) is 4.21. The van der Waals surface area contributed by atoms with Gasteiger partial charge in [-0.15, -0.1) is 0 Å². The molecule has 1 heterocycles. The molecule has 6 heteroatoms. The van der Waals surface area contributed by atoms with Crippen molar-refractivity contribution in [2.45, 2.75) is 12.5 Å². The van der Waals surface area contributed by atoms with Crippen LogP contribution < -0.4 is 5.32 Å². The van der Waals surface area contributed by atoms with Gasteiger partial charge in [0.2, 0.25) is 5.91 Å². The molecule has 1 aliphatic rings. The van der Waals surface area contributed by atoms with Crippen molar-refractivity contribution in [3.8, 4) is 0 Å². The fourth-order valence-electron chi connectivity index (χ4n) is 1.15. The van der Waals surface area contributed by atoms with Crippen LogP contribution in [-0.2, 0) is 9.59 Å². The number of carbonyl (C=O) groups is 3. The molecular weight excluding hydrogens is 186 g/mol. The van der Waals surface area contributed by atoms with Crippen LogP contribution in [-0.4, -0.2) is 54.8 Å². The number of nitrogens with zero attached hydrogens (tertiary/aromatic N) is 2. The summed E-state index contributed by atoms with van der Waals surface area (Å²) in [4.78, 5) is 36.0. The second-order valence-corrected chi connectivity index (χ2v) is 3.39. The van der Waals surface area contributed by atoms with Gasteiger partial charge < -0.3 is 10.2 Å². The molecule has 0 radical (unpaired) electrons. The van der Waals surface area contributed by atoms with Crippen LogP contribution in [0.1, 0.15) is 6.42 Å². The van der Waals surface area contributed by atoms with Gasteiger partial charge in [0, 0.05) is 21.1 Å². The van der Waals surface area contributed by atoms with E-state index in [1.165, 1.54) is 11.9 Å². The predicted molar refractivity (Wildman–Crippen MR) is 48.4 cm³/mol. The van der Waals surface area contributed by atoms with Gasteiger partial charge in [-0.2, -0.15) is 0 Å². The molecule has 78 valence electrons. The first-order chi connectivity index (χ1) is 6.43. The highest BCUT2D eigenvalue weighted by molar-refractivity contribution is 6.06. The quantitative estimate of drug-likeness (QED) is 0.551. The van der Waals surface area contributed by atoms with Crippen molar-refractivity contribution in [3.63, 3.8) is 0 Å². The number of carbonyl (C=O) groups excluding carboxylic acids is 3. The lowest BCUT2D eigenvalue weighted by molar-refractivity contribution is -0.137. The third-order valence-corrected chi connectivity index (χ3v) is 2.09. The maximum atomic E-state index is 11.3. The van der Waals surface area contributed by atoms with Crippen LogP contribution in [0.3, 0.4) is 0 Å². The number of likely N-dealkylation sites (tertiary alicyclic amines) is 1. The van der Waals surface area contributed by atoms with Crippen molar-refractivity contribution < 1.29 is 14.4 Å². The van der Waals surface area contributed by atoms with Crippen molar-refractivity contribution >= 4 is 17.8 Å². The monoisotopic (exact) mass is 199 g/mol. The number of hydrogen-bond donors (Lipinski definition) is 1. The molecule has 1 fully saturated rings. The van der Waals surface area contributed by atoms with Crippen LogP contribution in [0.5, 0.6) is 0 Å². The second-order valence-electron chi connectivity index (χ2n) is 3.39. The lowest BCUT2D eigenvalue weighted by Gasteiger charge is -2.15. The Bertz CT molecular complexity index is 288. The smallest absolute Gasteiger partial charge is 0.317 e. The average molecular weight is 199 g/mol. The molecular formula is C8H13N3O3. The van der Waals surface area contributed by atoms with E-state index in [0.717, 1.165) is 4.90 Å². The Morgan fingerprint density at radius 3 is 2.43 bits per heavy atom. The summed E-state index contributed by atoms with van der Waals surface area (Å²) in [6.45, 7) is 0. The topological polar surface area (TPSA) is 69.7 Å². The lowest BCUT2D eigenvalue weighted by atomic mass is 10.2. The highest BCUT2D eigenvalue weighted by Crippen LogP contribution is 2.10. The van der Waals surface area contributed by atoms with Crippen LogP contribution in [0.4, 0.5) is 4.79 Å². The Hall–Kier alpha value is -1.59. The van der Waals surface area contributed by atoms with Gasteiger partial charge in [0.15, 0.2) is 0 Å². The summed E-state index contributed by atoms with van der Waals surface area (Å²) in [5, 5.41) is 2.46. The van der Waals surface area contributed by atoms with E-state index in [9.17, 15) is 14.4 Å². The van der Waals surface area contributed by atoms with Gasteiger partial charge in [-0.05, 0) is 0 Å². The number of urea groups is 1. The fourth-order valence-corrected chi connectivity index (χ4v) is 1.15. The van der Waals surface area contributed by atoms with E-state index in [-0.39, 0.29) is 24.3 Å². The van der Waals surface area contributed by atoms with E-state index in [1.54, 1.807) is 14.1 Å². The Balaban J connectivity index is 2.60. The molecule has 0 bridgehead atoms. The maximum Gasteiger partial charge on any atom is 0.317 e. The van der Waals surface area contributed by atoms with Gasteiger partial charge in [-0.3, -0.25) is 14.5 Å². The van der Waals surface area contributed by atoms with Crippen molar-refractivity contribution in [1.29, 1.82) is 0 Å². The molecule has 1 aliphatic heterocycles. The van der Waals surface area contributed by atoms with E-state index in [1.807, 2.05) is 0 Å². The number of rotatable bonds is 1. The summed E-state index contributed by atoms with van der Waals surface area (Å²) in [5.41, 5.74) is 0. The van der Waals surface area contributed by atoms with Gasteiger partial charge in [0.1, 0.15) is 6.04 Å². The lowest BCUT2D eigenvalue weighted by Crippen LogP contribution is -2.45.